The van der Waals surface area contributed by atoms with E-state index in [0.29, 0.717) is 5.92 Å². The van der Waals surface area contributed by atoms with Gasteiger partial charge in [-0.2, -0.15) is 0 Å². The molecular formula is C23H23BrN2O. The highest BCUT2D eigenvalue weighted by atomic mass is 79.9. The first-order valence-electron chi connectivity index (χ1n) is 9.72. The van der Waals surface area contributed by atoms with Crippen molar-refractivity contribution < 1.29 is 4.79 Å². The van der Waals surface area contributed by atoms with Gasteiger partial charge in [-0.05, 0) is 82.9 Å². The molecule has 2 aromatic carbocycles. The Bertz CT molecular complexity index is 1060. The molecule has 1 saturated carbocycles. The van der Waals surface area contributed by atoms with Gasteiger partial charge in [-0.3, -0.25) is 4.79 Å². The minimum atomic E-state index is 0.114. The Kier molecular flexibility index (Phi) is 3.94. The predicted octanol–water partition coefficient (Wildman–Crippen LogP) is 5.58. The third-order valence-electron chi connectivity index (χ3n) is 6.26. The van der Waals surface area contributed by atoms with E-state index in [0.717, 1.165) is 28.6 Å². The minimum absolute atomic E-state index is 0.114. The number of aromatic nitrogens is 1. The van der Waals surface area contributed by atoms with E-state index in [1.807, 2.05) is 4.90 Å². The van der Waals surface area contributed by atoms with Gasteiger partial charge in [-0.1, -0.05) is 24.3 Å². The van der Waals surface area contributed by atoms with Crippen LogP contribution in [0.15, 0.2) is 47.1 Å². The van der Waals surface area contributed by atoms with Crippen molar-refractivity contribution in [3.63, 3.8) is 0 Å². The van der Waals surface area contributed by atoms with Crippen molar-refractivity contribution in [2.24, 2.45) is 7.05 Å². The van der Waals surface area contributed by atoms with E-state index in [1.165, 1.54) is 34.9 Å². The molecule has 0 spiro atoms. The van der Waals surface area contributed by atoms with Crippen molar-refractivity contribution in [3.8, 4) is 0 Å². The molecule has 1 atom stereocenters. The van der Waals surface area contributed by atoms with Crippen LogP contribution in [0.25, 0.3) is 10.9 Å². The maximum absolute atomic E-state index is 13.5. The van der Waals surface area contributed by atoms with E-state index in [-0.39, 0.29) is 11.9 Å². The zero-order chi connectivity index (χ0) is 18.7. The number of aryl methyl sites for hydroxylation is 1. The molecule has 0 saturated heterocycles. The van der Waals surface area contributed by atoms with Crippen LogP contribution < -0.4 is 0 Å². The standard InChI is InChI=1S/C23H23BrN2O/c1-14-18-6-4-3-5-15(18)9-10-26(14)23(27)17-11-19(16-7-8-16)20-13-22(24)25(2)21(20)12-17/h3-6,11-14,16H,7-10H2,1-2H3. The molecule has 1 aromatic heterocycles. The van der Waals surface area contributed by atoms with Gasteiger partial charge >= 0.3 is 0 Å². The Hall–Kier alpha value is -2.07. The van der Waals surface area contributed by atoms with Gasteiger partial charge < -0.3 is 9.47 Å². The van der Waals surface area contributed by atoms with E-state index < -0.39 is 0 Å². The normalized spacial score (nSPS) is 19.4. The number of benzene rings is 2. The molecule has 3 aromatic rings. The summed E-state index contributed by atoms with van der Waals surface area (Å²) in [7, 11) is 2.05. The first-order valence-corrected chi connectivity index (χ1v) is 10.5. The third kappa shape index (κ3) is 2.73. The molecule has 138 valence electrons. The second-order valence-corrected chi connectivity index (χ2v) is 8.73. The summed E-state index contributed by atoms with van der Waals surface area (Å²) in [6, 6.07) is 15.0. The van der Waals surface area contributed by atoms with Gasteiger partial charge in [-0.15, -0.1) is 0 Å². The molecule has 2 heterocycles. The fourth-order valence-electron chi connectivity index (χ4n) is 4.50. The Morgan fingerprint density at radius 2 is 1.89 bits per heavy atom. The second kappa shape index (κ2) is 6.23. The molecule has 2 aliphatic rings. The molecule has 3 nitrogen and oxygen atoms in total. The fraction of sp³-hybridized carbons (Fsp3) is 0.348. The molecule has 0 N–H and O–H groups in total. The van der Waals surface area contributed by atoms with E-state index in [2.05, 4.69) is 76.9 Å². The summed E-state index contributed by atoms with van der Waals surface area (Å²) in [5.74, 6) is 0.757. The highest BCUT2D eigenvalue weighted by molar-refractivity contribution is 9.10. The van der Waals surface area contributed by atoms with Crippen molar-refractivity contribution in [2.75, 3.05) is 6.54 Å². The lowest BCUT2D eigenvalue weighted by molar-refractivity contribution is 0.0678. The summed E-state index contributed by atoms with van der Waals surface area (Å²) in [5, 5.41) is 1.28. The summed E-state index contributed by atoms with van der Waals surface area (Å²) in [4.78, 5) is 15.5. The topological polar surface area (TPSA) is 25.2 Å². The number of hydrogen-bond donors (Lipinski definition) is 0. The predicted molar refractivity (Wildman–Crippen MR) is 112 cm³/mol. The summed E-state index contributed by atoms with van der Waals surface area (Å²) in [6.45, 7) is 2.93. The smallest absolute Gasteiger partial charge is 0.254 e. The van der Waals surface area contributed by atoms with Crippen molar-refractivity contribution >= 4 is 32.7 Å². The summed E-state index contributed by atoms with van der Waals surface area (Å²) < 4.78 is 3.19. The SMILES string of the molecule is CC1c2ccccc2CCN1C(=O)c1cc(C2CC2)c2cc(Br)n(C)c2c1. The Balaban J connectivity index is 1.57. The van der Waals surface area contributed by atoms with Gasteiger partial charge in [-0.25, -0.2) is 0 Å². The van der Waals surface area contributed by atoms with E-state index >= 15 is 0 Å². The lowest BCUT2D eigenvalue weighted by atomic mass is 9.92. The molecule has 1 aliphatic heterocycles. The van der Waals surface area contributed by atoms with Gasteiger partial charge in [0.25, 0.3) is 5.91 Å². The second-order valence-electron chi connectivity index (χ2n) is 7.92. The highest BCUT2D eigenvalue weighted by Gasteiger charge is 2.31. The van der Waals surface area contributed by atoms with Crippen LogP contribution in [0.2, 0.25) is 0 Å². The Morgan fingerprint density at radius 3 is 2.67 bits per heavy atom. The van der Waals surface area contributed by atoms with E-state index in [4.69, 9.17) is 0 Å². The number of amides is 1. The van der Waals surface area contributed by atoms with Crippen LogP contribution in [0.3, 0.4) is 0 Å². The monoisotopic (exact) mass is 422 g/mol. The molecule has 5 rings (SSSR count). The Labute approximate surface area is 168 Å². The van der Waals surface area contributed by atoms with Crippen LogP contribution in [-0.2, 0) is 13.5 Å². The molecular weight excluding hydrogens is 400 g/mol. The number of nitrogens with zero attached hydrogens (tertiary/aromatic N) is 2. The lowest BCUT2D eigenvalue weighted by Gasteiger charge is -2.35. The van der Waals surface area contributed by atoms with Crippen LogP contribution in [0.5, 0.6) is 0 Å². The number of rotatable bonds is 2. The molecule has 4 heteroatoms. The zero-order valence-electron chi connectivity index (χ0n) is 15.7. The van der Waals surface area contributed by atoms with Crippen LogP contribution in [0, 0.1) is 0 Å². The first-order chi connectivity index (χ1) is 13.0. The van der Waals surface area contributed by atoms with Crippen LogP contribution in [-0.4, -0.2) is 21.9 Å². The average Bonchev–Trinajstić information content (AvgIpc) is 3.48. The summed E-state index contributed by atoms with van der Waals surface area (Å²) in [6.07, 6.45) is 3.39. The molecule has 1 aliphatic carbocycles. The molecule has 1 fully saturated rings. The molecule has 1 amide bonds. The van der Waals surface area contributed by atoms with Gasteiger partial charge in [0.05, 0.1) is 10.6 Å². The first kappa shape index (κ1) is 17.1. The summed E-state index contributed by atoms with van der Waals surface area (Å²) in [5.41, 5.74) is 5.95. The van der Waals surface area contributed by atoms with Gasteiger partial charge in [0.15, 0.2) is 0 Å². The fourth-order valence-corrected chi connectivity index (χ4v) is 4.92. The van der Waals surface area contributed by atoms with Crippen molar-refractivity contribution in [3.05, 3.63) is 69.3 Å². The molecule has 0 bridgehead atoms. The lowest BCUT2D eigenvalue weighted by Crippen LogP contribution is -2.38. The largest absolute Gasteiger partial charge is 0.338 e. The molecule has 1 unspecified atom stereocenters. The molecule has 27 heavy (non-hydrogen) atoms. The van der Waals surface area contributed by atoms with E-state index in [9.17, 15) is 4.79 Å². The number of halogens is 1. The van der Waals surface area contributed by atoms with Gasteiger partial charge in [0.2, 0.25) is 0 Å². The van der Waals surface area contributed by atoms with Crippen molar-refractivity contribution in [1.29, 1.82) is 0 Å². The van der Waals surface area contributed by atoms with Crippen molar-refractivity contribution in [1.82, 2.24) is 9.47 Å². The average molecular weight is 423 g/mol. The number of carbonyl (C=O) groups is 1. The van der Waals surface area contributed by atoms with Gasteiger partial charge in [0.1, 0.15) is 0 Å². The van der Waals surface area contributed by atoms with Crippen molar-refractivity contribution in [2.45, 2.75) is 38.1 Å². The van der Waals surface area contributed by atoms with Crippen LogP contribution in [0.1, 0.15) is 58.8 Å². The summed E-state index contributed by atoms with van der Waals surface area (Å²) >= 11 is 3.65. The quantitative estimate of drug-likeness (QED) is 0.529. The van der Waals surface area contributed by atoms with Gasteiger partial charge in [0, 0.05) is 30.1 Å². The Morgan fingerprint density at radius 1 is 1.11 bits per heavy atom. The van der Waals surface area contributed by atoms with Crippen LogP contribution in [0.4, 0.5) is 0 Å². The maximum Gasteiger partial charge on any atom is 0.254 e. The minimum Gasteiger partial charge on any atom is -0.338 e. The third-order valence-corrected chi connectivity index (χ3v) is 7.02. The van der Waals surface area contributed by atoms with Crippen LogP contribution >= 0.6 is 15.9 Å². The number of fused-ring (bicyclic) bond motifs is 2. The number of hydrogen-bond acceptors (Lipinski definition) is 1. The highest BCUT2D eigenvalue weighted by Crippen LogP contribution is 2.45. The van der Waals surface area contributed by atoms with E-state index in [1.54, 1.807) is 0 Å². The number of carbonyl (C=O) groups excluding carboxylic acids is 1. The maximum atomic E-state index is 13.5. The molecule has 0 radical (unpaired) electrons. The zero-order valence-corrected chi connectivity index (χ0v) is 17.3.